The third kappa shape index (κ3) is 3.12. The van der Waals surface area contributed by atoms with Crippen LogP contribution < -0.4 is 4.74 Å². The summed E-state index contributed by atoms with van der Waals surface area (Å²) < 4.78 is 49.7. The summed E-state index contributed by atoms with van der Waals surface area (Å²) in [5.74, 6) is -1.19. The fourth-order valence-corrected chi connectivity index (χ4v) is 2.95. The maximum atomic E-state index is 14.2. The minimum atomic E-state index is -2.85. The normalized spacial score (nSPS) is 16.5. The Morgan fingerprint density at radius 3 is 2.69 bits per heavy atom. The van der Waals surface area contributed by atoms with Crippen molar-refractivity contribution < 1.29 is 22.3 Å². The van der Waals surface area contributed by atoms with E-state index in [4.69, 9.17) is 9.15 Å². The van der Waals surface area contributed by atoms with Crippen LogP contribution >= 0.6 is 0 Å². The molecule has 1 unspecified atom stereocenters. The monoisotopic (exact) mass is 362 g/mol. The molecule has 0 fully saturated rings. The van der Waals surface area contributed by atoms with Crippen molar-refractivity contribution in [3.05, 3.63) is 53.4 Å². The van der Waals surface area contributed by atoms with Gasteiger partial charge in [0.05, 0.1) is 5.56 Å². The molecule has 1 aromatic carbocycles. The molecule has 26 heavy (non-hydrogen) atoms. The molecule has 0 bridgehead atoms. The number of aromatic nitrogens is 4. The number of nitrogens with zero attached hydrogens (tertiary/aromatic N) is 4. The predicted molar refractivity (Wildman–Crippen MR) is 83.0 cm³/mol. The minimum absolute atomic E-state index is 0.0588. The average molecular weight is 362 g/mol. The van der Waals surface area contributed by atoms with E-state index < -0.39 is 18.4 Å². The fraction of sp³-hybridized carbons (Fsp3) is 0.294. The Bertz CT molecular complexity index is 915. The molecule has 0 spiro atoms. The quantitative estimate of drug-likeness (QED) is 0.697. The molecule has 3 aromatic rings. The van der Waals surface area contributed by atoms with Gasteiger partial charge in [0.1, 0.15) is 11.9 Å². The molecule has 0 aliphatic heterocycles. The summed E-state index contributed by atoms with van der Waals surface area (Å²) in [4.78, 5) is 8.07. The predicted octanol–water partition coefficient (Wildman–Crippen LogP) is 4.06. The number of aryl methyl sites for hydroxylation is 1. The molecule has 6 nitrogen and oxygen atoms in total. The van der Waals surface area contributed by atoms with E-state index >= 15 is 0 Å². The lowest BCUT2D eigenvalue weighted by Crippen LogP contribution is -2.18. The van der Waals surface area contributed by atoms with Crippen molar-refractivity contribution in [2.75, 3.05) is 0 Å². The van der Waals surface area contributed by atoms with E-state index in [0.717, 1.165) is 18.4 Å². The van der Waals surface area contributed by atoms with Crippen LogP contribution in [-0.2, 0) is 6.42 Å². The summed E-state index contributed by atoms with van der Waals surface area (Å²) in [6, 6.07) is 5.03. The summed E-state index contributed by atoms with van der Waals surface area (Å²) in [5, 5.41) is 6.77. The van der Waals surface area contributed by atoms with Gasteiger partial charge in [-0.15, -0.1) is 10.2 Å². The number of hydrogen-bond donors (Lipinski definition) is 0. The first kappa shape index (κ1) is 16.5. The number of hydrogen-bond acceptors (Lipinski definition) is 6. The zero-order valence-electron chi connectivity index (χ0n) is 13.4. The van der Waals surface area contributed by atoms with Gasteiger partial charge >= 0.3 is 12.4 Å². The van der Waals surface area contributed by atoms with Crippen molar-refractivity contribution in [1.29, 1.82) is 0 Å². The van der Waals surface area contributed by atoms with Crippen LogP contribution in [-0.4, -0.2) is 20.2 Å². The SMILES string of the molecule is Fc1cccc2c1C(Oc1ncc(-c3nnc(C(F)F)o3)cn1)CCC2. The molecule has 0 saturated heterocycles. The summed E-state index contributed by atoms with van der Waals surface area (Å²) in [6.07, 6.45) is 1.67. The smallest absolute Gasteiger partial charge is 0.316 e. The molecule has 134 valence electrons. The second kappa shape index (κ2) is 6.74. The number of rotatable bonds is 4. The topological polar surface area (TPSA) is 73.9 Å². The van der Waals surface area contributed by atoms with E-state index in [-0.39, 0.29) is 23.3 Å². The molecule has 0 amide bonds. The molecule has 1 aliphatic carbocycles. The summed E-state index contributed by atoms with van der Waals surface area (Å²) in [5.41, 5.74) is 1.74. The van der Waals surface area contributed by atoms with Gasteiger partial charge in [0.2, 0.25) is 0 Å². The van der Waals surface area contributed by atoms with Gasteiger partial charge in [0.25, 0.3) is 11.8 Å². The van der Waals surface area contributed by atoms with Crippen LogP contribution in [0.1, 0.15) is 42.4 Å². The van der Waals surface area contributed by atoms with Crippen LogP contribution in [0.15, 0.2) is 35.0 Å². The molecule has 9 heteroatoms. The Labute approximate surface area is 146 Å². The van der Waals surface area contributed by atoms with Crippen molar-refractivity contribution in [2.24, 2.45) is 0 Å². The van der Waals surface area contributed by atoms with Gasteiger partial charge in [0.15, 0.2) is 0 Å². The van der Waals surface area contributed by atoms with Gasteiger partial charge < -0.3 is 9.15 Å². The van der Waals surface area contributed by atoms with Gasteiger partial charge in [-0.2, -0.15) is 8.78 Å². The summed E-state index contributed by atoms with van der Waals surface area (Å²) in [6.45, 7) is 0. The van der Waals surface area contributed by atoms with Crippen molar-refractivity contribution in [3.63, 3.8) is 0 Å². The van der Waals surface area contributed by atoms with E-state index in [1.54, 1.807) is 6.07 Å². The van der Waals surface area contributed by atoms with Crippen LogP contribution in [0.2, 0.25) is 0 Å². The highest BCUT2D eigenvalue weighted by molar-refractivity contribution is 5.49. The Balaban J connectivity index is 1.54. The third-order valence-electron chi connectivity index (χ3n) is 4.13. The number of benzene rings is 1. The van der Waals surface area contributed by atoms with Crippen molar-refractivity contribution in [2.45, 2.75) is 31.8 Å². The molecule has 2 heterocycles. The third-order valence-corrected chi connectivity index (χ3v) is 4.13. The number of fused-ring (bicyclic) bond motifs is 1. The number of halogens is 3. The van der Waals surface area contributed by atoms with E-state index in [1.165, 1.54) is 18.5 Å². The molecular weight excluding hydrogens is 349 g/mol. The Hall–Kier alpha value is -2.97. The zero-order valence-corrected chi connectivity index (χ0v) is 13.4. The van der Waals surface area contributed by atoms with Crippen LogP contribution in [0.4, 0.5) is 13.2 Å². The summed E-state index contributed by atoms with van der Waals surface area (Å²) >= 11 is 0. The molecular formula is C17H13F3N4O2. The molecule has 2 aromatic heterocycles. The molecule has 1 aliphatic rings. The van der Waals surface area contributed by atoms with Gasteiger partial charge in [-0.05, 0) is 30.9 Å². The minimum Gasteiger partial charge on any atom is -0.455 e. The van der Waals surface area contributed by atoms with Crippen LogP contribution in [0.3, 0.4) is 0 Å². The van der Waals surface area contributed by atoms with E-state index in [1.807, 2.05) is 6.07 Å². The first-order valence-corrected chi connectivity index (χ1v) is 7.99. The lowest BCUT2D eigenvalue weighted by atomic mass is 9.89. The van der Waals surface area contributed by atoms with Gasteiger partial charge in [0, 0.05) is 18.0 Å². The molecule has 1 atom stereocenters. The van der Waals surface area contributed by atoms with Crippen molar-refractivity contribution in [3.8, 4) is 17.5 Å². The van der Waals surface area contributed by atoms with E-state index in [9.17, 15) is 13.2 Å². The molecule has 4 rings (SSSR count). The Morgan fingerprint density at radius 1 is 1.15 bits per heavy atom. The first-order valence-electron chi connectivity index (χ1n) is 7.99. The highest BCUT2D eigenvalue weighted by Gasteiger charge is 2.26. The highest BCUT2D eigenvalue weighted by Crippen LogP contribution is 2.34. The van der Waals surface area contributed by atoms with E-state index in [0.29, 0.717) is 12.0 Å². The highest BCUT2D eigenvalue weighted by atomic mass is 19.3. The van der Waals surface area contributed by atoms with Gasteiger partial charge in [-0.25, -0.2) is 14.4 Å². The lowest BCUT2D eigenvalue weighted by molar-refractivity contribution is 0.116. The largest absolute Gasteiger partial charge is 0.455 e. The second-order valence-corrected chi connectivity index (χ2v) is 5.81. The average Bonchev–Trinajstić information content (AvgIpc) is 3.13. The van der Waals surface area contributed by atoms with Crippen LogP contribution in [0, 0.1) is 5.82 Å². The van der Waals surface area contributed by atoms with Crippen molar-refractivity contribution >= 4 is 0 Å². The fourth-order valence-electron chi connectivity index (χ4n) is 2.95. The molecule has 0 N–H and O–H groups in total. The zero-order chi connectivity index (χ0) is 18.1. The number of ether oxygens (including phenoxy) is 1. The van der Waals surface area contributed by atoms with Crippen LogP contribution in [0.5, 0.6) is 6.01 Å². The first-order chi connectivity index (χ1) is 12.6. The Morgan fingerprint density at radius 2 is 1.96 bits per heavy atom. The van der Waals surface area contributed by atoms with Gasteiger partial charge in [-0.3, -0.25) is 0 Å². The Kier molecular flexibility index (Phi) is 4.27. The maximum Gasteiger partial charge on any atom is 0.316 e. The standard InChI is InChI=1S/C17H13F3N4O2/c18-11-5-1-3-9-4-2-6-12(13(9)11)25-17-21-7-10(8-22-17)15-23-24-16(26-15)14(19)20/h1,3,5,7-8,12,14H,2,4,6H2. The maximum absolute atomic E-state index is 14.2. The van der Waals surface area contributed by atoms with E-state index in [2.05, 4.69) is 20.2 Å². The van der Waals surface area contributed by atoms with Crippen molar-refractivity contribution in [1.82, 2.24) is 20.2 Å². The summed E-state index contributed by atoms with van der Waals surface area (Å²) in [7, 11) is 0. The van der Waals surface area contributed by atoms with Gasteiger partial charge in [-0.1, -0.05) is 12.1 Å². The number of alkyl halides is 2. The molecule has 0 saturated carbocycles. The van der Waals surface area contributed by atoms with Crippen LogP contribution in [0.25, 0.3) is 11.5 Å². The molecule has 0 radical (unpaired) electrons. The lowest BCUT2D eigenvalue weighted by Gasteiger charge is -2.25. The second-order valence-electron chi connectivity index (χ2n) is 5.81.